The van der Waals surface area contributed by atoms with E-state index in [1.807, 2.05) is 0 Å². The Morgan fingerprint density at radius 1 is 1.37 bits per heavy atom. The van der Waals surface area contributed by atoms with Crippen LogP contribution in [0.15, 0.2) is 23.1 Å². The highest BCUT2D eigenvalue weighted by Crippen LogP contribution is 2.31. The van der Waals surface area contributed by atoms with Crippen molar-refractivity contribution in [2.75, 3.05) is 19.7 Å². The zero-order chi connectivity index (χ0) is 14.0. The molecule has 1 fully saturated rings. The molecule has 0 saturated carbocycles. The molecular formula is C12H15Cl2NO3S. The number of benzene rings is 1. The molecule has 4 nitrogen and oxygen atoms in total. The van der Waals surface area contributed by atoms with Gasteiger partial charge in [0.2, 0.25) is 10.0 Å². The van der Waals surface area contributed by atoms with Crippen LogP contribution >= 0.6 is 23.2 Å². The van der Waals surface area contributed by atoms with E-state index in [0.29, 0.717) is 24.5 Å². The topological polar surface area (TPSA) is 57.6 Å². The van der Waals surface area contributed by atoms with E-state index in [4.69, 9.17) is 28.3 Å². The summed E-state index contributed by atoms with van der Waals surface area (Å²) in [6.45, 7) is 0.956. The molecule has 1 aromatic rings. The third kappa shape index (κ3) is 3.23. The average molecular weight is 324 g/mol. The first-order chi connectivity index (χ1) is 8.95. The Morgan fingerprint density at radius 2 is 2.11 bits per heavy atom. The van der Waals surface area contributed by atoms with Gasteiger partial charge in [-0.25, -0.2) is 8.42 Å². The lowest BCUT2D eigenvalue weighted by Gasteiger charge is -2.17. The summed E-state index contributed by atoms with van der Waals surface area (Å²) in [5, 5.41) is 9.42. The van der Waals surface area contributed by atoms with Crippen LogP contribution in [-0.4, -0.2) is 37.5 Å². The summed E-state index contributed by atoms with van der Waals surface area (Å²) >= 11 is 11.8. The van der Waals surface area contributed by atoms with E-state index in [0.717, 1.165) is 6.42 Å². The summed E-state index contributed by atoms with van der Waals surface area (Å²) < 4.78 is 26.4. The molecule has 0 bridgehead atoms. The number of aliphatic hydroxyl groups excluding tert-OH is 1. The van der Waals surface area contributed by atoms with Crippen LogP contribution in [0.4, 0.5) is 0 Å². The minimum Gasteiger partial charge on any atom is -0.396 e. The van der Waals surface area contributed by atoms with Crippen molar-refractivity contribution >= 4 is 33.2 Å². The molecule has 19 heavy (non-hydrogen) atoms. The largest absolute Gasteiger partial charge is 0.396 e. The predicted octanol–water partition coefficient (Wildman–Crippen LogP) is 2.39. The summed E-state index contributed by atoms with van der Waals surface area (Å²) in [4.78, 5) is 0.0475. The highest BCUT2D eigenvalue weighted by atomic mass is 35.5. The first-order valence-corrected chi connectivity index (χ1v) is 8.21. The molecule has 0 amide bonds. The molecule has 1 heterocycles. The fourth-order valence-corrected chi connectivity index (χ4v) is 4.52. The number of hydrogen-bond acceptors (Lipinski definition) is 3. The summed E-state index contributed by atoms with van der Waals surface area (Å²) in [6.07, 6.45) is 1.38. The van der Waals surface area contributed by atoms with Crippen molar-refractivity contribution in [2.24, 2.45) is 5.92 Å². The molecule has 1 aliphatic rings. The van der Waals surface area contributed by atoms with Crippen molar-refractivity contribution in [2.45, 2.75) is 17.7 Å². The predicted molar refractivity (Wildman–Crippen MR) is 75.0 cm³/mol. The number of halogens is 2. The Kier molecular flexibility index (Phi) is 4.74. The molecule has 1 unspecified atom stereocenters. The molecule has 0 aliphatic carbocycles. The summed E-state index contributed by atoms with van der Waals surface area (Å²) in [7, 11) is -3.61. The molecule has 1 atom stereocenters. The van der Waals surface area contributed by atoms with Gasteiger partial charge in [-0.05, 0) is 37.0 Å². The lowest BCUT2D eigenvalue weighted by atomic mass is 10.1. The zero-order valence-corrected chi connectivity index (χ0v) is 12.5. The number of sulfonamides is 1. The lowest BCUT2D eigenvalue weighted by Crippen LogP contribution is -2.29. The van der Waals surface area contributed by atoms with Gasteiger partial charge in [0.25, 0.3) is 0 Å². The van der Waals surface area contributed by atoms with Gasteiger partial charge in [-0.15, -0.1) is 0 Å². The smallest absolute Gasteiger partial charge is 0.244 e. The second-order valence-corrected chi connectivity index (χ2v) is 7.35. The van der Waals surface area contributed by atoms with Crippen molar-refractivity contribution in [1.82, 2.24) is 4.31 Å². The van der Waals surface area contributed by atoms with E-state index < -0.39 is 10.0 Å². The van der Waals surface area contributed by atoms with Crippen LogP contribution in [0, 0.1) is 5.92 Å². The normalized spacial score (nSPS) is 20.9. The van der Waals surface area contributed by atoms with Crippen LogP contribution in [0.2, 0.25) is 10.0 Å². The van der Waals surface area contributed by atoms with Gasteiger partial charge in [-0.3, -0.25) is 0 Å². The van der Waals surface area contributed by atoms with E-state index in [1.165, 1.54) is 16.4 Å². The summed E-state index contributed by atoms with van der Waals surface area (Å²) in [5.41, 5.74) is 0. The molecule has 1 N–H and O–H groups in total. The van der Waals surface area contributed by atoms with Gasteiger partial charge in [-0.2, -0.15) is 4.31 Å². The average Bonchev–Trinajstić information content (AvgIpc) is 2.82. The SMILES string of the molecule is O=S(=O)(c1cc(Cl)ccc1Cl)N1CCC(CCO)C1. The molecule has 1 saturated heterocycles. The van der Waals surface area contributed by atoms with Gasteiger partial charge in [0.15, 0.2) is 0 Å². The molecule has 106 valence electrons. The van der Waals surface area contributed by atoms with Crippen molar-refractivity contribution < 1.29 is 13.5 Å². The number of aliphatic hydroxyl groups is 1. The van der Waals surface area contributed by atoms with Crippen LogP contribution in [0.5, 0.6) is 0 Å². The first-order valence-electron chi connectivity index (χ1n) is 6.01. The minimum atomic E-state index is -3.61. The Hall–Kier alpha value is -0.330. The second-order valence-electron chi connectivity index (χ2n) is 4.60. The van der Waals surface area contributed by atoms with Gasteiger partial charge in [0.05, 0.1) is 5.02 Å². The van der Waals surface area contributed by atoms with Crippen LogP contribution in [-0.2, 0) is 10.0 Å². The molecule has 0 aromatic heterocycles. The maximum atomic E-state index is 12.5. The van der Waals surface area contributed by atoms with E-state index in [9.17, 15) is 8.42 Å². The third-order valence-corrected chi connectivity index (χ3v) is 5.88. The Bertz CT molecular complexity index is 562. The molecule has 0 spiro atoms. The standard InChI is InChI=1S/C12H15Cl2NO3S/c13-10-1-2-11(14)12(7-10)19(17,18)15-5-3-9(8-15)4-6-16/h1-2,7,9,16H,3-6,8H2. The van der Waals surface area contributed by atoms with Gasteiger partial charge < -0.3 is 5.11 Å². The van der Waals surface area contributed by atoms with Crippen molar-refractivity contribution in [1.29, 1.82) is 0 Å². The van der Waals surface area contributed by atoms with Crippen LogP contribution in [0.3, 0.4) is 0 Å². The fraction of sp³-hybridized carbons (Fsp3) is 0.500. The molecule has 1 aromatic carbocycles. The van der Waals surface area contributed by atoms with Gasteiger partial charge in [0.1, 0.15) is 4.90 Å². The number of nitrogens with zero attached hydrogens (tertiary/aromatic N) is 1. The van der Waals surface area contributed by atoms with Crippen LogP contribution in [0.25, 0.3) is 0 Å². The van der Waals surface area contributed by atoms with E-state index >= 15 is 0 Å². The molecule has 7 heteroatoms. The summed E-state index contributed by atoms with van der Waals surface area (Å²) in [6, 6.07) is 4.41. The lowest BCUT2D eigenvalue weighted by molar-refractivity contribution is 0.259. The Balaban J connectivity index is 2.26. The van der Waals surface area contributed by atoms with Gasteiger partial charge in [-0.1, -0.05) is 23.2 Å². The second kappa shape index (κ2) is 5.97. The Morgan fingerprint density at radius 3 is 2.79 bits per heavy atom. The maximum Gasteiger partial charge on any atom is 0.244 e. The summed E-state index contributed by atoms with van der Waals surface area (Å²) in [5.74, 6) is 0.206. The monoisotopic (exact) mass is 323 g/mol. The zero-order valence-electron chi connectivity index (χ0n) is 10.2. The molecular weight excluding hydrogens is 309 g/mol. The van der Waals surface area contributed by atoms with Crippen molar-refractivity contribution in [3.05, 3.63) is 28.2 Å². The van der Waals surface area contributed by atoms with E-state index in [2.05, 4.69) is 0 Å². The first kappa shape index (κ1) is 15.1. The maximum absolute atomic E-state index is 12.5. The van der Waals surface area contributed by atoms with Gasteiger partial charge in [0, 0.05) is 24.7 Å². The third-order valence-electron chi connectivity index (χ3n) is 3.30. The van der Waals surface area contributed by atoms with E-state index in [-0.39, 0.29) is 22.4 Å². The van der Waals surface area contributed by atoms with Gasteiger partial charge >= 0.3 is 0 Å². The Labute approximate surface area is 123 Å². The molecule has 2 rings (SSSR count). The highest BCUT2D eigenvalue weighted by Gasteiger charge is 2.33. The van der Waals surface area contributed by atoms with E-state index in [1.54, 1.807) is 6.07 Å². The fourth-order valence-electron chi connectivity index (χ4n) is 2.25. The quantitative estimate of drug-likeness (QED) is 0.925. The van der Waals surface area contributed by atoms with Crippen LogP contribution in [0.1, 0.15) is 12.8 Å². The minimum absolute atomic E-state index is 0.0475. The van der Waals surface area contributed by atoms with Crippen molar-refractivity contribution in [3.8, 4) is 0 Å². The number of rotatable bonds is 4. The molecule has 0 radical (unpaired) electrons. The van der Waals surface area contributed by atoms with Crippen LogP contribution < -0.4 is 0 Å². The molecule has 1 aliphatic heterocycles. The number of hydrogen-bond donors (Lipinski definition) is 1. The highest BCUT2D eigenvalue weighted by molar-refractivity contribution is 7.89. The van der Waals surface area contributed by atoms with Crippen molar-refractivity contribution in [3.63, 3.8) is 0 Å².